The van der Waals surface area contributed by atoms with Gasteiger partial charge >= 0.3 is 5.97 Å². The van der Waals surface area contributed by atoms with E-state index >= 15 is 0 Å². The van der Waals surface area contributed by atoms with Gasteiger partial charge in [-0.3, -0.25) is 4.90 Å². The van der Waals surface area contributed by atoms with Gasteiger partial charge < -0.3 is 10.0 Å². The highest BCUT2D eigenvalue weighted by Crippen LogP contribution is 2.29. The summed E-state index contributed by atoms with van der Waals surface area (Å²) >= 11 is 0. The second kappa shape index (κ2) is 4.85. The van der Waals surface area contributed by atoms with Gasteiger partial charge in [0, 0.05) is 32.2 Å². The molecule has 1 saturated carbocycles. The third-order valence-electron chi connectivity index (χ3n) is 4.10. The van der Waals surface area contributed by atoms with Gasteiger partial charge in [0.2, 0.25) is 0 Å². The van der Waals surface area contributed by atoms with Gasteiger partial charge in [-0.15, -0.1) is 0 Å². The molecule has 1 aromatic carbocycles. The van der Waals surface area contributed by atoms with Gasteiger partial charge in [-0.25, -0.2) is 4.79 Å². The second-order valence-corrected chi connectivity index (χ2v) is 5.58. The quantitative estimate of drug-likeness (QED) is 0.902. The number of hydrogen-bond donors (Lipinski definition) is 1. The summed E-state index contributed by atoms with van der Waals surface area (Å²) in [6, 6.07) is 6.39. The monoisotopic (exact) mass is 260 g/mol. The lowest BCUT2D eigenvalue weighted by Gasteiger charge is -2.36. The van der Waals surface area contributed by atoms with E-state index < -0.39 is 5.97 Å². The van der Waals surface area contributed by atoms with Crippen molar-refractivity contribution in [2.75, 3.05) is 31.1 Å². The maximum atomic E-state index is 11.3. The molecule has 0 amide bonds. The first-order chi connectivity index (χ1) is 9.15. The predicted molar refractivity (Wildman–Crippen MR) is 74.9 cm³/mol. The highest BCUT2D eigenvalue weighted by atomic mass is 16.4. The molecule has 1 saturated heterocycles. The van der Waals surface area contributed by atoms with Crippen LogP contribution in [-0.2, 0) is 0 Å². The summed E-state index contributed by atoms with van der Waals surface area (Å²) in [5.74, 6) is -0.834. The summed E-state index contributed by atoms with van der Waals surface area (Å²) < 4.78 is 0. The van der Waals surface area contributed by atoms with Crippen molar-refractivity contribution in [3.8, 4) is 0 Å². The molecule has 0 spiro atoms. The summed E-state index contributed by atoms with van der Waals surface area (Å²) in [7, 11) is 0. The minimum Gasteiger partial charge on any atom is -0.478 e. The number of carboxylic acids is 1. The van der Waals surface area contributed by atoms with Crippen LogP contribution in [0.3, 0.4) is 0 Å². The van der Waals surface area contributed by atoms with Crippen LogP contribution in [0.15, 0.2) is 18.2 Å². The van der Waals surface area contributed by atoms with Gasteiger partial charge in [-0.1, -0.05) is 6.07 Å². The highest BCUT2D eigenvalue weighted by Gasteiger charge is 2.31. The molecule has 2 aliphatic rings. The third kappa shape index (κ3) is 2.59. The smallest absolute Gasteiger partial charge is 0.337 e. The summed E-state index contributed by atoms with van der Waals surface area (Å²) in [5, 5.41) is 9.30. The average molecular weight is 260 g/mol. The second-order valence-electron chi connectivity index (χ2n) is 5.58. The summed E-state index contributed by atoms with van der Waals surface area (Å²) in [6.45, 7) is 5.98. The molecule has 1 aliphatic heterocycles. The molecule has 1 N–H and O–H groups in total. The van der Waals surface area contributed by atoms with E-state index in [1.807, 2.05) is 19.1 Å². The summed E-state index contributed by atoms with van der Waals surface area (Å²) in [5.41, 5.74) is 2.41. The summed E-state index contributed by atoms with van der Waals surface area (Å²) in [6.07, 6.45) is 2.68. The van der Waals surface area contributed by atoms with Crippen LogP contribution in [0.2, 0.25) is 0 Å². The van der Waals surface area contributed by atoms with Gasteiger partial charge in [0.1, 0.15) is 0 Å². The minimum absolute atomic E-state index is 0.422. The molecule has 0 atom stereocenters. The van der Waals surface area contributed by atoms with Crippen LogP contribution in [-0.4, -0.2) is 48.2 Å². The molecule has 19 heavy (non-hydrogen) atoms. The van der Waals surface area contributed by atoms with Gasteiger partial charge in [0.15, 0.2) is 0 Å². The molecule has 3 rings (SSSR count). The van der Waals surface area contributed by atoms with E-state index in [0.717, 1.165) is 43.5 Å². The molecule has 1 heterocycles. The van der Waals surface area contributed by atoms with Crippen molar-refractivity contribution in [3.63, 3.8) is 0 Å². The number of nitrogens with zero attached hydrogens (tertiary/aromatic N) is 2. The van der Waals surface area contributed by atoms with Crippen LogP contribution >= 0.6 is 0 Å². The number of piperazine rings is 1. The molecular weight excluding hydrogens is 240 g/mol. The fraction of sp³-hybridized carbons (Fsp3) is 0.533. The fourth-order valence-corrected chi connectivity index (χ4v) is 2.85. The van der Waals surface area contributed by atoms with E-state index in [0.29, 0.717) is 5.56 Å². The lowest BCUT2D eigenvalue weighted by atomic mass is 10.1. The number of hydrogen-bond acceptors (Lipinski definition) is 3. The van der Waals surface area contributed by atoms with Crippen LogP contribution in [0.4, 0.5) is 5.69 Å². The number of aromatic carboxylic acids is 1. The molecule has 1 aliphatic carbocycles. The molecule has 2 fully saturated rings. The van der Waals surface area contributed by atoms with E-state index in [9.17, 15) is 9.90 Å². The molecule has 0 bridgehead atoms. The molecule has 0 unspecified atom stereocenters. The predicted octanol–water partition coefficient (Wildman–Crippen LogP) is 1.98. The van der Waals surface area contributed by atoms with Crippen molar-refractivity contribution in [2.45, 2.75) is 25.8 Å². The van der Waals surface area contributed by atoms with Crippen molar-refractivity contribution < 1.29 is 9.90 Å². The minimum atomic E-state index is -0.834. The third-order valence-corrected chi connectivity index (χ3v) is 4.10. The van der Waals surface area contributed by atoms with Crippen LogP contribution in [0, 0.1) is 6.92 Å². The van der Waals surface area contributed by atoms with E-state index in [-0.39, 0.29) is 0 Å². The number of rotatable bonds is 3. The first kappa shape index (κ1) is 12.5. The molecule has 0 aromatic heterocycles. The Kier molecular flexibility index (Phi) is 3.19. The van der Waals surface area contributed by atoms with Crippen LogP contribution in [0.25, 0.3) is 0 Å². The Morgan fingerprint density at radius 3 is 2.47 bits per heavy atom. The van der Waals surface area contributed by atoms with Crippen LogP contribution in [0.5, 0.6) is 0 Å². The lowest BCUT2D eigenvalue weighted by Crippen LogP contribution is -2.47. The van der Waals surface area contributed by atoms with Crippen molar-refractivity contribution in [1.82, 2.24) is 4.90 Å². The van der Waals surface area contributed by atoms with Crippen molar-refractivity contribution >= 4 is 11.7 Å². The maximum absolute atomic E-state index is 11.3. The average Bonchev–Trinajstić information content (AvgIpc) is 3.23. The Labute approximate surface area is 113 Å². The largest absolute Gasteiger partial charge is 0.478 e. The fourth-order valence-electron chi connectivity index (χ4n) is 2.85. The van der Waals surface area contributed by atoms with Gasteiger partial charge in [0.05, 0.1) is 11.3 Å². The number of carbonyl (C=O) groups is 1. The van der Waals surface area contributed by atoms with E-state index in [1.165, 1.54) is 12.8 Å². The zero-order valence-electron chi connectivity index (χ0n) is 11.3. The Morgan fingerprint density at radius 1 is 1.21 bits per heavy atom. The number of aryl methyl sites for hydroxylation is 1. The molecule has 4 heteroatoms. The van der Waals surface area contributed by atoms with Gasteiger partial charge in [0.25, 0.3) is 0 Å². The Hall–Kier alpha value is -1.55. The molecule has 1 aromatic rings. The van der Waals surface area contributed by atoms with Crippen LogP contribution in [0.1, 0.15) is 28.8 Å². The van der Waals surface area contributed by atoms with Gasteiger partial charge in [-0.05, 0) is 37.5 Å². The van der Waals surface area contributed by atoms with Crippen molar-refractivity contribution in [3.05, 3.63) is 29.3 Å². The lowest BCUT2D eigenvalue weighted by molar-refractivity contribution is 0.0697. The number of anilines is 1. The van der Waals surface area contributed by atoms with Crippen LogP contribution < -0.4 is 4.90 Å². The van der Waals surface area contributed by atoms with E-state index in [1.54, 1.807) is 6.07 Å². The first-order valence-electron chi connectivity index (χ1n) is 6.98. The number of benzene rings is 1. The standard InChI is InChI=1S/C15H20N2O2/c1-11-2-5-13(15(18)19)14(10-11)17-8-6-16(7-9-17)12-3-4-12/h2,5,10,12H,3-4,6-9H2,1H3,(H,18,19). The maximum Gasteiger partial charge on any atom is 0.337 e. The molecule has 4 nitrogen and oxygen atoms in total. The Bertz CT molecular complexity index is 489. The normalized spacial score (nSPS) is 20.6. The molecular formula is C15H20N2O2. The number of carboxylic acid groups (broad SMARTS) is 1. The Morgan fingerprint density at radius 2 is 1.89 bits per heavy atom. The zero-order valence-corrected chi connectivity index (χ0v) is 11.3. The zero-order chi connectivity index (χ0) is 13.4. The first-order valence-corrected chi connectivity index (χ1v) is 6.98. The molecule has 102 valence electrons. The van der Waals surface area contributed by atoms with E-state index in [2.05, 4.69) is 9.80 Å². The molecule has 0 radical (unpaired) electrons. The Balaban J connectivity index is 1.78. The van der Waals surface area contributed by atoms with E-state index in [4.69, 9.17) is 0 Å². The van der Waals surface area contributed by atoms with Crippen molar-refractivity contribution in [1.29, 1.82) is 0 Å². The highest BCUT2D eigenvalue weighted by molar-refractivity contribution is 5.94. The summed E-state index contributed by atoms with van der Waals surface area (Å²) in [4.78, 5) is 16.1. The topological polar surface area (TPSA) is 43.8 Å². The SMILES string of the molecule is Cc1ccc(C(=O)O)c(N2CCN(C3CC3)CC2)c1. The van der Waals surface area contributed by atoms with Gasteiger partial charge in [-0.2, -0.15) is 0 Å². The van der Waals surface area contributed by atoms with Crippen molar-refractivity contribution in [2.24, 2.45) is 0 Å².